The van der Waals surface area contributed by atoms with E-state index in [4.69, 9.17) is 0 Å². The number of nitrogens with zero attached hydrogens (tertiary/aromatic N) is 2. The number of rotatable bonds is 4. The van der Waals surface area contributed by atoms with Gasteiger partial charge in [-0.15, -0.1) is 0 Å². The Morgan fingerprint density at radius 2 is 1.65 bits per heavy atom. The van der Waals surface area contributed by atoms with E-state index in [9.17, 15) is 9.18 Å². The Kier molecular flexibility index (Phi) is 4.24. The fourth-order valence-electron chi connectivity index (χ4n) is 1.92. The molecule has 0 unspecified atom stereocenters. The first-order valence-electron chi connectivity index (χ1n) is 6.93. The van der Waals surface area contributed by atoms with Gasteiger partial charge in [-0.25, -0.2) is 14.4 Å². The zero-order valence-corrected chi connectivity index (χ0v) is 12.0. The molecule has 114 valence electrons. The Hall–Kier alpha value is -3.28. The molecule has 0 spiro atoms. The predicted octanol–water partition coefficient (Wildman–Crippen LogP) is 3.61. The van der Waals surface area contributed by atoms with E-state index in [2.05, 4.69) is 20.6 Å². The van der Waals surface area contributed by atoms with Crippen molar-refractivity contribution in [3.8, 4) is 0 Å². The van der Waals surface area contributed by atoms with E-state index in [1.165, 1.54) is 24.4 Å². The highest BCUT2D eigenvalue weighted by Gasteiger charge is 2.09. The maximum absolute atomic E-state index is 12.9. The van der Waals surface area contributed by atoms with Gasteiger partial charge >= 0.3 is 0 Å². The molecular weight excluding hydrogens is 295 g/mol. The van der Waals surface area contributed by atoms with Gasteiger partial charge in [0, 0.05) is 17.6 Å². The molecular formula is C17H13FN4O. The average Bonchev–Trinajstić information content (AvgIpc) is 2.58. The second kappa shape index (κ2) is 6.65. The van der Waals surface area contributed by atoms with Crippen molar-refractivity contribution in [3.05, 3.63) is 78.4 Å². The van der Waals surface area contributed by atoms with Crippen LogP contribution < -0.4 is 10.6 Å². The van der Waals surface area contributed by atoms with E-state index in [1.54, 1.807) is 24.3 Å². The first kappa shape index (κ1) is 14.6. The number of amides is 1. The summed E-state index contributed by atoms with van der Waals surface area (Å²) in [6.07, 6.45) is 1.48. The van der Waals surface area contributed by atoms with Gasteiger partial charge in [0.2, 0.25) is 5.95 Å². The van der Waals surface area contributed by atoms with Crippen LogP contribution >= 0.6 is 0 Å². The highest BCUT2D eigenvalue weighted by atomic mass is 19.1. The molecule has 1 aromatic heterocycles. The van der Waals surface area contributed by atoms with Gasteiger partial charge in [-0.2, -0.15) is 0 Å². The van der Waals surface area contributed by atoms with Gasteiger partial charge in [-0.3, -0.25) is 4.79 Å². The molecule has 0 radical (unpaired) electrons. The third-order valence-corrected chi connectivity index (χ3v) is 3.02. The minimum atomic E-state index is -0.333. The molecule has 2 N–H and O–H groups in total. The molecule has 0 aliphatic carbocycles. The first-order valence-corrected chi connectivity index (χ1v) is 6.93. The normalized spacial score (nSPS) is 10.1. The summed E-state index contributed by atoms with van der Waals surface area (Å²) in [6, 6.07) is 16.4. The lowest BCUT2D eigenvalue weighted by Crippen LogP contribution is -2.14. The average molecular weight is 308 g/mol. The molecule has 1 amide bonds. The van der Waals surface area contributed by atoms with Crippen molar-refractivity contribution in [1.82, 2.24) is 9.97 Å². The standard InChI is InChI=1S/C17H13FN4O/c18-12-6-8-14(9-7-12)21-17-19-11-10-15(22-17)16(23)20-13-4-2-1-3-5-13/h1-11H,(H,20,23)(H,19,21,22). The summed E-state index contributed by atoms with van der Waals surface area (Å²) in [4.78, 5) is 20.4. The van der Waals surface area contributed by atoms with Gasteiger partial charge in [0.25, 0.3) is 5.91 Å². The van der Waals surface area contributed by atoms with Gasteiger partial charge in [0.05, 0.1) is 0 Å². The third kappa shape index (κ3) is 3.88. The molecule has 0 saturated heterocycles. The molecule has 0 saturated carbocycles. The van der Waals surface area contributed by atoms with Crippen molar-refractivity contribution in [2.75, 3.05) is 10.6 Å². The van der Waals surface area contributed by atoms with Crippen molar-refractivity contribution in [1.29, 1.82) is 0 Å². The molecule has 6 heteroatoms. The number of carbonyl (C=O) groups is 1. The number of para-hydroxylation sites is 1. The lowest BCUT2D eigenvalue weighted by atomic mass is 10.3. The largest absolute Gasteiger partial charge is 0.324 e. The Balaban J connectivity index is 1.74. The molecule has 23 heavy (non-hydrogen) atoms. The summed E-state index contributed by atoms with van der Waals surface area (Å²) in [5.74, 6) is -0.398. The Bertz CT molecular complexity index is 806. The van der Waals surface area contributed by atoms with Crippen LogP contribution in [-0.2, 0) is 0 Å². The van der Waals surface area contributed by atoms with Crippen molar-refractivity contribution in [3.63, 3.8) is 0 Å². The second-order valence-corrected chi connectivity index (χ2v) is 4.72. The molecule has 0 aliphatic rings. The number of carbonyl (C=O) groups excluding carboxylic acids is 1. The van der Waals surface area contributed by atoms with E-state index in [-0.39, 0.29) is 23.4 Å². The molecule has 1 heterocycles. The number of benzene rings is 2. The highest BCUT2D eigenvalue weighted by Crippen LogP contribution is 2.14. The lowest BCUT2D eigenvalue weighted by molar-refractivity contribution is 0.102. The van der Waals surface area contributed by atoms with E-state index in [0.717, 1.165) is 0 Å². The zero-order chi connectivity index (χ0) is 16.1. The minimum Gasteiger partial charge on any atom is -0.324 e. The Morgan fingerprint density at radius 1 is 0.913 bits per heavy atom. The molecule has 0 aliphatic heterocycles. The summed E-state index contributed by atoms with van der Waals surface area (Å²) in [7, 11) is 0. The maximum Gasteiger partial charge on any atom is 0.274 e. The van der Waals surface area contributed by atoms with Crippen LogP contribution in [-0.4, -0.2) is 15.9 Å². The zero-order valence-electron chi connectivity index (χ0n) is 12.0. The van der Waals surface area contributed by atoms with Gasteiger partial charge in [0.15, 0.2) is 0 Å². The summed E-state index contributed by atoms with van der Waals surface area (Å²) in [5, 5.41) is 5.67. The first-order chi connectivity index (χ1) is 11.2. The van der Waals surface area contributed by atoms with Crippen molar-refractivity contribution < 1.29 is 9.18 Å². The summed E-state index contributed by atoms with van der Waals surface area (Å²) in [5.41, 5.74) is 1.55. The number of hydrogen-bond acceptors (Lipinski definition) is 4. The monoisotopic (exact) mass is 308 g/mol. The smallest absolute Gasteiger partial charge is 0.274 e. The van der Waals surface area contributed by atoms with Crippen molar-refractivity contribution >= 4 is 23.2 Å². The SMILES string of the molecule is O=C(Nc1ccccc1)c1ccnc(Nc2ccc(F)cc2)n1. The van der Waals surface area contributed by atoms with E-state index in [1.807, 2.05) is 18.2 Å². The van der Waals surface area contributed by atoms with Crippen LogP contribution in [0.5, 0.6) is 0 Å². The van der Waals surface area contributed by atoms with E-state index >= 15 is 0 Å². The fourth-order valence-corrected chi connectivity index (χ4v) is 1.92. The minimum absolute atomic E-state index is 0.230. The summed E-state index contributed by atoms with van der Waals surface area (Å²) >= 11 is 0. The molecule has 2 aromatic carbocycles. The van der Waals surface area contributed by atoms with Crippen molar-refractivity contribution in [2.24, 2.45) is 0 Å². The number of nitrogens with one attached hydrogen (secondary N) is 2. The van der Waals surface area contributed by atoms with Crippen LogP contribution in [0.2, 0.25) is 0 Å². The number of halogens is 1. The molecule has 0 atom stereocenters. The van der Waals surface area contributed by atoms with Crippen LogP contribution in [0.25, 0.3) is 0 Å². The molecule has 3 rings (SSSR count). The number of hydrogen-bond donors (Lipinski definition) is 2. The number of anilines is 3. The van der Waals surface area contributed by atoms with Crippen LogP contribution in [0.3, 0.4) is 0 Å². The van der Waals surface area contributed by atoms with Crippen LogP contribution in [0.15, 0.2) is 66.9 Å². The van der Waals surface area contributed by atoms with Crippen molar-refractivity contribution in [2.45, 2.75) is 0 Å². The second-order valence-electron chi connectivity index (χ2n) is 4.72. The molecule has 5 nitrogen and oxygen atoms in total. The quantitative estimate of drug-likeness (QED) is 0.772. The van der Waals surface area contributed by atoms with Crippen LogP contribution in [0.1, 0.15) is 10.5 Å². The van der Waals surface area contributed by atoms with E-state index < -0.39 is 0 Å². The fraction of sp³-hybridized carbons (Fsp3) is 0. The Labute approximate surface area is 132 Å². The molecule has 3 aromatic rings. The summed E-state index contributed by atoms with van der Waals surface area (Å²) in [6.45, 7) is 0. The number of aromatic nitrogens is 2. The van der Waals surface area contributed by atoms with Crippen LogP contribution in [0.4, 0.5) is 21.7 Å². The van der Waals surface area contributed by atoms with E-state index in [0.29, 0.717) is 11.4 Å². The van der Waals surface area contributed by atoms with Gasteiger partial charge < -0.3 is 10.6 Å². The lowest BCUT2D eigenvalue weighted by Gasteiger charge is -2.07. The highest BCUT2D eigenvalue weighted by molar-refractivity contribution is 6.02. The predicted molar refractivity (Wildman–Crippen MR) is 86.1 cm³/mol. The van der Waals surface area contributed by atoms with Gasteiger partial charge in [0.1, 0.15) is 11.5 Å². The Morgan fingerprint density at radius 3 is 2.39 bits per heavy atom. The maximum atomic E-state index is 12.9. The topological polar surface area (TPSA) is 66.9 Å². The van der Waals surface area contributed by atoms with Gasteiger partial charge in [-0.05, 0) is 42.5 Å². The third-order valence-electron chi connectivity index (χ3n) is 3.02. The molecule has 0 fully saturated rings. The van der Waals surface area contributed by atoms with Gasteiger partial charge in [-0.1, -0.05) is 18.2 Å². The summed E-state index contributed by atoms with van der Waals surface area (Å²) < 4.78 is 12.9. The molecule has 0 bridgehead atoms. The van der Waals surface area contributed by atoms with Crippen LogP contribution in [0, 0.1) is 5.82 Å².